The lowest BCUT2D eigenvalue weighted by molar-refractivity contribution is -0.106. The Morgan fingerprint density at radius 3 is 2.21 bits per heavy atom. The van der Waals surface area contributed by atoms with Gasteiger partial charge in [0.1, 0.15) is 0 Å². The van der Waals surface area contributed by atoms with Crippen LogP contribution in [0.15, 0.2) is 76.8 Å². The lowest BCUT2D eigenvalue weighted by Crippen LogP contribution is -2.28. The quantitative estimate of drug-likeness (QED) is 0.457. The van der Waals surface area contributed by atoms with Crippen molar-refractivity contribution >= 4 is 28.0 Å². The van der Waals surface area contributed by atoms with Gasteiger partial charge in [0.25, 0.3) is 0 Å². The monoisotopic (exact) mass is 468 g/mol. The van der Waals surface area contributed by atoms with Crippen LogP contribution >= 0.6 is 0 Å². The van der Waals surface area contributed by atoms with Crippen LogP contribution in [-0.4, -0.2) is 25.8 Å². The summed E-state index contributed by atoms with van der Waals surface area (Å²) in [6.07, 6.45) is 5.24. The largest absolute Gasteiger partial charge is 0.372 e. The van der Waals surface area contributed by atoms with E-state index in [0.717, 1.165) is 29.5 Å². The highest BCUT2D eigenvalue weighted by Crippen LogP contribution is 2.25. The first kappa shape index (κ1) is 25.5. The highest BCUT2D eigenvalue weighted by atomic mass is 32.2. The molecule has 0 aliphatic heterocycles. The van der Waals surface area contributed by atoms with Gasteiger partial charge in [0.05, 0.1) is 9.79 Å². The highest BCUT2D eigenvalue weighted by molar-refractivity contribution is 7.91. The summed E-state index contributed by atoms with van der Waals surface area (Å²) < 4.78 is 26.0. The minimum Gasteiger partial charge on any atom is -0.372 e. The van der Waals surface area contributed by atoms with E-state index in [9.17, 15) is 13.2 Å². The number of primary amides is 1. The third-order valence-electron chi connectivity index (χ3n) is 4.85. The van der Waals surface area contributed by atoms with Gasteiger partial charge in [0, 0.05) is 24.6 Å². The molecule has 9 heteroatoms. The molecule has 3 rings (SSSR count). The maximum Gasteiger partial charge on any atom is 0.319 e. The lowest BCUT2D eigenvalue weighted by atomic mass is 10.0. The number of nitrogens with one attached hydrogen (secondary N) is 2. The Kier molecular flexibility index (Phi) is 9.56. The van der Waals surface area contributed by atoms with Gasteiger partial charge in [-0.05, 0) is 72.0 Å². The maximum atomic E-state index is 13.0. The van der Waals surface area contributed by atoms with Crippen LogP contribution in [-0.2, 0) is 34.0 Å². The second-order valence-corrected chi connectivity index (χ2v) is 8.92. The molecule has 0 atom stereocenters. The molecule has 0 unspecified atom stereocenters. The fraction of sp³-hybridized carbons (Fsp3) is 0.208. The van der Waals surface area contributed by atoms with E-state index in [0.29, 0.717) is 12.2 Å². The number of aromatic nitrogens is 1. The molecule has 174 valence electrons. The number of rotatable bonds is 7. The summed E-state index contributed by atoms with van der Waals surface area (Å²) in [7, 11) is -3.62. The summed E-state index contributed by atoms with van der Waals surface area (Å²) in [5, 5.41) is 5.43. The molecular formula is C24H28N4O4S. The second kappa shape index (κ2) is 12.4. The van der Waals surface area contributed by atoms with E-state index >= 15 is 0 Å². The summed E-state index contributed by atoms with van der Waals surface area (Å²) in [5.74, 6) is 0. The zero-order valence-electron chi connectivity index (χ0n) is 18.6. The molecular weight excluding hydrogens is 440 g/mol. The third-order valence-corrected chi connectivity index (χ3v) is 6.62. The van der Waals surface area contributed by atoms with Crippen LogP contribution < -0.4 is 16.4 Å². The molecule has 0 radical (unpaired) electrons. The third kappa shape index (κ3) is 7.15. The number of nitrogens with zero attached hydrogens (tertiary/aromatic N) is 1. The molecule has 33 heavy (non-hydrogen) atoms. The van der Waals surface area contributed by atoms with Crippen LogP contribution in [0.3, 0.4) is 0 Å². The number of pyridine rings is 1. The zero-order chi connectivity index (χ0) is 24.3. The normalized spacial score (nSPS) is 10.5. The van der Waals surface area contributed by atoms with Crippen molar-refractivity contribution in [3.63, 3.8) is 0 Å². The molecule has 0 bridgehead atoms. The average molecular weight is 469 g/mol. The molecule has 0 saturated heterocycles. The van der Waals surface area contributed by atoms with Gasteiger partial charge in [-0.2, -0.15) is 0 Å². The molecule has 2 aromatic carbocycles. The van der Waals surface area contributed by atoms with E-state index in [1.165, 1.54) is 12.1 Å². The lowest BCUT2D eigenvalue weighted by Gasteiger charge is -2.11. The van der Waals surface area contributed by atoms with Crippen molar-refractivity contribution in [3.05, 3.63) is 83.7 Å². The van der Waals surface area contributed by atoms with Gasteiger partial charge in [-0.15, -0.1) is 0 Å². The first-order valence-corrected chi connectivity index (χ1v) is 11.9. The number of hydrogen-bond acceptors (Lipinski definition) is 5. The van der Waals surface area contributed by atoms with Crippen LogP contribution in [0.2, 0.25) is 0 Å². The minimum absolute atomic E-state index is 0.190. The molecule has 1 heterocycles. The molecule has 1 aromatic heterocycles. The van der Waals surface area contributed by atoms with E-state index < -0.39 is 9.84 Å². The summed E-state index contributed by atoms with van der Waals surface area (Å²) in [6, 6.07) is 14.8. The number of benzene rings is 2. The number of sulfone groups is 1. The molecule has 0 aliphatic carbocycles. The Morgan fingerprint density at radius 1 is 1.00 bits per heavy atom. The molecule has 3 amide bonds. The summed E-state index contributed by atoms with van der Waals surface area (Å²) >= 11 is 0. The van der Waals surface area contributed by atoms with Crippen LogP contribution in [0.1, 0.15) is 30.5 Å². The van der Waals surface area contributed by atoms with E-state index in [1.54, 1.807) is 42.7 Å². The molecule has 8 nitrogen and oxygen atoms in total. The Morgan fingerprint density at radius 2 is 1.64 bits per heavy atom. The number of carbonyl (C=O) groups excluding carboxylic acids is 2. The Balaban J connectivity index is 0.00000122. The number of carbonyl (C=O) groups is 2. The first-order chi connectivity index (χ1) is 15.8. The smallest absolute Gasteiger partial charge is 0.319 e. The van der Waals surface area contributed by atoms with Gasteiger partial charge >= 0.3 is 6.03 Å². The van der Waals surface area contributed by atoms with Gasteiger partial charge < -0.3 is 16.4 Å². The van der Waals surface area contributed by atoms with Gasteiger partial charge in [0.2, 0.25) is 16.2 Å². The number of urea groups is 1. The van der Waals surface area contributed by atoms with Crippen molar-refractivity contribution in [2.24, 2.45) is 5.73 Å². The number of hydrogen-bond donors (Lipinski definition) is 3. The predicted molar refractivity (Wildman–Crippen MR) is 127 cm³/mol. The van der Waals surface area contributed by atoms with Crippen molar-refractivity contribution in [3.8, 4) is 0 Å². The second-order valence-electron chi connectivity index (χ2n) is 6.97. The maximum absolute atomic E-state index is 13.0. The Bertz CT molecular complexity index is 1160. The van der Waals surface area contributed by atoms with Crippen molar-refractivity contribution in [2.75, 3.05) is 5.32 Å². The predicted octanol–water partition coefficient (Wildman–Crippen LogP) is 3.46. The van der Waals surface area contributed by atoms with Gasteiger partial charge in [-0.25, -0.2) is 13.2 Å². The summed E-state index contributed by atoms with van der Waals surface area (Å²) in [4.78, 5) is 25.1. The minimum atomic E-state index is -3.62. The van der Waals surface area contributed by atoms with E-state index in [2.05, 4.69) is 28.3 Å². The number of amides is 3. The van der Waals surface area contributed by atoms with Crippen LogP contribution in [0.4, 0.5) is 10.5 Å². The fourth-order valence-corrected chi connectivity index (χ4v) is 4.47. The standard InChI is InChI=1S/C23H25N3O3S.CH3NO/c1-3-18-7-10-22(14-19(18)4-2)30(28,29)21-11-8-20(9-12-21)26-23(27)25-16-17-6-5-13-24-15-17;2-1-3/h5-15H,3-4,16H2,1-2H3,(H2,25,26,27);1H,(H2,2,3). The van der Waals surface area contributed by atoms with Crippen molar-refractivity contribution in [1.29, 1.82) is 0 Å². The fourth-order valence-electron chi connectivity index (χ4n) is 3.16. The van der Waals surface area contributed by atoms with Gasteiger partial charge in [0.15, 0.2) is 0 Å². The highest BCUT2D eigenvalue weighted by Gasteiger charge is 2.19. The molecule has 4 N–H and O–H groups in total. The van der Waals surface area contributed by atoms with Gasteiger partial charge in [-0.1, -0.05) is 26.0 Å². The zero-order valence-corrected chi connectivity index (χ0v) is 19.4. The molecule has 0 aliphatic rings. The van der Waals surface area contributed by atoms with E-state index in [-0.39, 0.29) is 22.2 Å². The Hall–Kier alpha value is -3.72. The summed E-state index contributed by atoms with van der Waals surface area (Å²) in [5.41, 5.74) is 7.76. The molecule has 0 spiro atoms. The topological polar surface area (TPSA) is 131 Å². The Labute approximate surface area is 194 Å². The SMILES string of the molecule is CCc1ccc(S(=O)(=O)c2ccc(NC(=O)NCc3cccnc3)cc2)cc1CC.NC=O. The number of aryl methyl sites for hydroxylation is 2. The summed E-state index contributed by atoms with van der Waals surface area (Å²) in [6.45, 7) is 4.42. The van der Waals surface area contributed by atoms with Crippen LogP contribution in [0.5, 0.6) is 0 Å². The average Bonchev–Trinajstić information content (AvgIpc) is 2.83. The van der Waals surface area contributed by atoms with Crippen LogP contribution in [0.25, 0.3) is 0 Å². The molecule has 0 saturated carbocycles. The van der Waals surface area contributed by atoms with E-state index in [4.69, 9.17) is 4.79 Å². The molecule has 3 aromatic rings. The van der Waals surface area contributed by atoms with Gasteiger partial charge in [-0.3, -0.25) is 9.78 Å². The first-order valence-electron chi connectivity index (χ1n) is 10.4. The van der Waals surface area contributed by atoms with Crippen molar-refractivity contribution in [2.45, 2.75) is 43.0 Å². The van der Waals surface area contributed by atoms with E-state index in [1.807, 2.05) is 19.1 Å². The number of nitrogens with two attached hydrogens (primary N) is 1. The van der Waals surface area contributed by atoms with Crippen LogP contribution in [0, 0.1) is 0 Å². The number of anilines is 1. The van der Waals surface area contributed by atoms with Crippen molar-refractivity contribution in [1.82, 2.24) is 10.3 Å². The molecule has 0 fully saturated rings. The van der Waals surface area contributed by atoms with Crippen molar-refractivity contribution < 1.29 is 18.0 Å².